The Kier molecular flexibility index (Phi) is 5.64. The summed E-state index contributed by atoms with van der Waals surface area (Å²) in [7, 11) is 0. The topological polar surface area (TPSA) is 15.7 Å². The Bertz CT molecular complexity index is 497. The van der Waals surface area contributed by atoms with Crippen molar-refractivity contribution in [3.63, 3.8) is 0 Å². The molecule has 2 fully saturated rings. The van der Waals surface area contributed by atoms with E-state index in [0.29, 0.717) is 17.1 Å². The lowest BCUT2D eigenvalue weighted by atomic mass is 9.89. The Labute approximate surface area is 143 Å². The molecule has 2 saturated heterocycles. The zero-order valence-corrected chi connectivity index (χ0v) is 14.6. The maximum absolute atomic E-state index is 6.36. The van der Waals surface area contributed by atoms with Crippen LogP contribution in [0.1, 0.15) is 31.2 Å². The van der Waals surface area contributed by atoms with Crippen LogP contribution < -0.4 is 0 Å². The minimum Gasteiger partial charge on any atom is -0.379 e. The average molecular weight is 343 g/mol. The van der Waals surface area contributed by atoms with Gasteiger partial charge in [-0.15, -0.1) is 0 Å². The maximum Gasteiger partial charge on any atom is 0.0595 e. The van der Waals surface area contributed by atoms with Crippen LogP contribution in [0.2, 0.25) is 10.0 Å². The molecule has 1 aromatic carbocycles. The second-order valence-electron chi connectivity index (χ2n) is 6.26. The number of hydrogen-bond donors (Lipinski definition) is 0. The van der Waals surface area contributed by atoms with Gasteiger partial charge < -0.3 is 4.74 Å². The van der Waals surface area contributed by atoms with E-state index in [1.165, 1.54) is 5.56 Å². The zero-order chi connectivity index (χ0) is 15.5. The number of piperidine rings is 1. The summed E-state index contributed by atoms with van der Waals surface area (Å²) in [5.74, 6) is 0.554. The van der Waals surface area contributed by atoms with E-state index in [1.54, 1.807) is 0 Å². The van der Waals surface area contributed by atoms with Gasteiger partial charge in [0.1, 0.15) is 0 Å². The molecule has 0 aromatic heterocycles. The van der Waals surface area contributed by atoms with Gasteiger partial charge in [0.05, 0.1) is 19.4 Å². The molecule has 0 aliphatic carbocycles. The van der Waals surface area contributed by atoms with E-state index < -0.39 is 0 Å². The van der Waals surface area contributed by atoms with Gasteiger partial charge in [-0.3, -0.25) is 9.80 Å². The zero-order valence-electron chi connectivity index (χ0n) is 13.1. The molecule has 0 N–H and O–H groups in total. The summed E-state index contributed by atoms with van der Waals surface area (Å²) in [6.07, 6.45) is 2.83. The lowest BCUT2D eigenvalue weighted by Crippen LogP contribution is -2.52. The molecular weight excluding hydrogens is 319 g/mol. The first kappa shape index (κ1) is 16.5. The minimum atomic E-state index is 0.505. The van der Waals surface area contributed by atoms with Crippen LogP contribution in [0.15, 0.2) is 18.2 Å². The third-order valence-corrected chi connectivity index (χ3v) is 5.60. The van der Waals surface area contributed by atoms with Crippen LogP contribution in [0.25, 0.3) is 0 Å². The fourth-order valence-electron chi connectivity index (χ4n) is 3.60. The summed E-state index contributed by atoms with van der Waals surface area (Å²) >= 11 is 12.4. The van der Waals surface area contributed by atoms with Crippen LogP contribution in [-0.4, -0.2) is 55.4 Å². The van der Waals surface area contributed by atoms with Gasteiger partial charge in [0.15, 0.2) is 0 Å². The van der Waals surface area contributed by atoms with Crippen molar-refractivity contribution in [3.05, 3.63) is 33.8 Å². The molecule has 1 unspecified atom stereocenters. The Morgan fingerprint density at radius 1 is 1.05 bits per heavy atom. The van der Waals surface area contributed by atoms with Gasteiger partial charge in [-0.1, -0.05) is 29.3 Å². The smallest absolute Gasteiger partial charge is 0.0595 e. The summed E-state index contributed by atoms with van der Waals surface area (Å²) in [5, 5.41) is 1.53. The molecule has 1 aromatic rings. The molecule has 122 valence electrons. The van der Waals surface area contributed by atoms with Crippen LogP contribution in [0.5, 0.6) is 0 Å². The normalized spacial score (nSPS) is 23.6. The number of rotatable bonds is 3. The highest BCUT2D eigenvalue weighted by Crippen LogP contribution is 2.34. The molecule has 0 amide bonds. The van der Waals surface area contributed by atoms with Gasteiger partial charge in [-0.05, 0) is 43.4 Å². The highest BCUT2D eigenvalue weighted by Gasteiger charge is 2.28. The number of benzene rings is 1. The van der Waals surface area contributed by atoms with Crippen molar-refractivity contribution in [3.8, 4) is 0 Å². The van der Waals surface area contributed by atoms with E-state index >= 15 is 0 Å². The average Bonchev–Trinajstić information content (AvgIpc) is 2.55. The fourth-order valence-corrected chi connectivity index (χ4v) is 4.16. The third-order valence-electron chi connectivity index (χ3n) is 5.03. The Hall–Kier alpha value is -0.320. The lowest BCUT2D eigenvalue weighted by Gasteiger charge is -2.42. The summed E-state index contributed by atoms with van der Waals surface area (Å²) in [4.78, 5) is 5.12. The van der Waals surface area contributed by atoms with E-state index in [2.05, 4.69) is 22.8 Å². The van der Waals surface area contributed by atoms with E-state index in [0.717, 1.165) is 57.3 Å². The van der Waals surface area contributed by atoms with Crippen molar-refractivity contribution in [2.75, 3.05) is 39.4 Å². The number of hydrogen-bond acceptors (Lipinski definition) is 3. The van der Waals surface area contributed by atoms with Gasteiger partial charge in [-0.25, -0.2) is 0 Å². The molecule has 2 aliphatic heterocycles. The second-order valence-corrected chi connectivity index (χ2v) is 7.10. The van der Waals surface area contributed by atoms with Crippen LogP contribution in [-0.2, 0) is 4.74 Å². The highest BCUT2D eigenvalue weighted by atomic mass is 35.5. The van der Waals surface area contributed by atoms with E-state index in [-0.39, 0.29) is 0 Å². The molecule has 2 aliphatic rings. The van der Waals surface area contributed by atoms with Gasteiger partial charge in [0, 0.05) is 36.2 Å². The predicted octanol–water partition coefficient (Wildman–Crippen LogP) is 3.85. The van der Waals surface area contributed by atoms with Crippen molar-refractivity contribution in [2.45, 2.75) is 31.8 Å². The number of halogens is 2. The van der Waals surface area contributed by atoms with Crippen molar-refractivity contribution in [2.24, 2.45) is 0 Å². The van der Waals surface area contributed by atoms with E-state index in [4.69, 9.17) is 27.9 Å². The van der Waals surface area contributed by atoms with Gasteiger partial charge in [0.2, 0.25) is 0 Å². The highest BCUT2D eigenvalue weighted by molar-refractivity contribution is 6.35. The van der Waals surface area contributed by atoms with Crippen molar-refractivity contribution in [1.29, 1.82) is 0 Å². The number of likely N-dealkylation sites (tertiary alicyclic amines) is 1. The molecule has 22 heavy (non-hydrogen) atoms. The van der Waals surface area contributed by atoms with Crippen LogP contribution >= 0.6 is 23.2 Å². The molecule has 1 atom stereocenters. The standard InChI is InChI=1S/C17H24Cl2N2O/c1-13(21-8-10-22-11-9-21)20-6-4-14(5-7-20)16-3-2-15(18)12-17(16)19/h2-3,12-14H,4-11H2,1H3. The van der Waals surface area contributed by atoms with E-state index in [1.807, 2.05) is 12.1 Å². The number of ether oxygens (including phenoxy) is 1. The van der Waals surface area contributed by atoms with Crippen LogP contribution in [0.4, 0.5) is 0 Å². The van der Waals surface area contributed by atoms with Crippen LogP contribution in [0, 0.1) is 0 Å². The quantitative estimate of drug-likeness (QED) is 0.829. The Morgan fingerprint density at radius 3 is 2.32 bits per heavy atom. The first-order valence-electron chi connectivity index (χ1n) is 8.16. The summed E-state index contributed by atoms with van der Waals surface area (Å²) in [6.45, 7) is 8.39. The maximum atomic E-state index is 6.36. The van der Waals surface area contributed by atoms with E-state index in [9.17, 15) is 0 Å². The Morgan fingerprint density at radius 2 is 1.68 bits per heavy atom. The van der Waals surface area contributed by atoms with Crippen molar-refractivity contribution >= 4 is 23.2 Å². The van der Waals surface area contributed by atoms with Crippen LogP contribution in [0.3, 0.4) is 0 Å². The third kappa shape index (κ3) is 3.77. The molecule has 0 spiro atoms. The minimum absolute atomic E-state index is 0.505. The SMILES string of the molecule is CC(N1CCOCC1)N1CCC(c2ccc(Cl)cc2Cl)CC1. The summed E-state index contributed by atoms with van der Waals surface area (Å²) in [6, 6.07) is 5.91. The molecule has 0 saturated carbocycles. The second kappa shape index (κ2) is 7.50. The largest absolute Gasteiger partial charge is 0.379 e. The number of nitrogens with zero attached hydrogens (tertiary/aromatic N) is 2. The molecule has 0 bridgehead atoms. The summed E-state index contributed by atoms with van der Waals surface area (Å²) < 4.78 is 5.45. The lowest BCUT2D eigenvalue weighted by molar-refractivity contribution is -0.0328. The molecule has 0 radical (unpaired) electrons. The first-order valence-corrected chi connectivity index (χ1v) is 8.91. The first-order chi connectivity index (χ1) is 10.6. The Balaban J connectivity index is 1.57. The van der Waals surface area contributed by atoms with Gasteiger partial charge in [-0.2, -0.15) is 0 Å². The predicted molar refractivity (Wildman–Crippen MR) is 91.9 cm³/mol. The number of morpholine rings is 1. The van der Waals surface area contributed by atoms with Gasteiger partial charge >= 0.3 is 0 Å². The van der Waals surface area contributed by atoms with Gasteiger partial charge in [0.25, 0.3) is 0 Å². The molecule has 2 heterocycles. The van der Waals surface area contributed by atoms with Crippen molar-refractivity contribution < 1.29 is 4.74 Å². The monoisotopic (exact) mass is 342 g/mol. The summed E-state index contributed by atoms with van der Waals surface area (Å²) in [5.41, 5.74) is 1.25. The fraction of sp³-hybridized carbons (Fsp3) is 0.647. The van der Waals surface area contributed by atoms with Crippen molar-refractivity contribution in [1.82, 2.24) is 9.80 Å². The molecule has 3 nitrogen and oxygen atoms in total. The molecular formula is C17H24Cl2N2O. The molecule has 3 rings (SSSR count). The molecule has 5 heteroatoms.